The third-order valence-corrected chi connectivity index (χ3v) is 3.66. The summed E-state index contributed by atoms with van der Waals surface area (Å²) >= 11 is 1.21. The number of benzene rings is 1. The van der Waals surface area contributed by atoms with E-state index in [-0.39, 0.29) is 12.5 Å². The van der Waals surface area contributed by atoms with Crippen molar-refractivity contribution >= 4 is 28.9 Å². The highest BCUT2D eigenvalue weighted by Gasteiger charge is 2.15. The van der Waals surface area contributed by atoms with Gasteiger partial charge < -0.3 is 14.8 Å². The summed E-state index contributed by atoms with van der Waals surface area (Å²) in [6, 6.07) is 9.10. The van der Waals surface area contributed by atoms with E-state index in [1.54, 1.807) is 17.5 Å². The monoisotopic (exact) mass is 305 g/mol. The Hall–Kier alpha value is -2.34. The van der Waals surface area contributed by atoms with Crippen molar-refractivity contribution < 1.29 is 19.1 Å². The second-order valence-electron chi connectivity index (χ2n) is 4.26. The van der Waals surface area contributed by atoms with Crippen LogP contribution >= 0.6 is 11.3 Å². The Kier molecular flexibility index (Phi) is 4.94. The minimum Gasteiger partial charge on any atom is -0.483 e. The van der Waals surface area contributed by atoms with Gasteiger partial charge in [0.2, 0.25) is 0 Å². The molecule has 2 aromatic rings. The number of hydrogen-bond acceptors (Lipinski definition) is 5. The Morgan fingerprint density at radius 2 is 2.00 bits per heavy atom. The number of carbonyl (C=O) groups is 2. The second-order valence-corrected chi connectivity index (χ2v) is 5.17. The summed E-state index contributed by atoms with van der Waals surface area (Å²) < 4.78 is 10.1. The molecule has 1 heterocycles. The number of ether oxygens (including phenoxy) is 2. The van der Waals surface area contributed by atoms with Gasteiger partial charge in [-0.05, 0) is 30.0 Å². The molecular weight excluding hydrogens is 290 g/mol. The molecule has 0 radical (unpaired) electrons. The van der Waals surface area contributed by atoms with Gasteiger partial charge in [0.15, 0.2) is 6.61 Å². The van der Waals surface area contributed by atoms with Gasteiger partial charge in [-0.3, -0.25) is 4.79 Å². The molecular formula is C15H15NO4S. The van der Waals surface area contributed by atoms with Gasteiger partial charge >= 0.3 is 5.97 Å². The van der Waals surface area contributed by atoms with Crippen molar-refractivity contribution in [2.24, 2.45) is 0 Å². The number of carbonyl (C=O) groups excluding carboxylic acids is 2. The molecule has 0 saturated carbocycles. The van der Waals surface area contributed by atoms with E-state index in [4.69, 9.17) is 4.74 Å². The van der Waals surface area contributed by atoms with Crippen LogP contribution in [0.25, 0.3) is 0 Å². The molecule has 0 atom stereocenters. The molecule has 0 spiro atoms. The van der Waals surface area contributed by atoms with Crippen LogP contribution in [0.1, 0.15) is 15.2 Å². The Balaban J connectivity index is 1.95. The predicted molar refractivity (Wildman–Crippen MR) is 81.0 cm³/mol. The second kappa shape index (κ2) is 6.90. The summed E-state index contributed by atoms with van der Waals surface area (Å²) in [5.74, 6) is -0.145. The Labute approximate surface area is 126 Å². The highest BCUT2D eigenvalue weighted by molar-refractivity contribution is 7.12. The lowest BCUT2D eigenvalue weighted by atomic mass is 10.2. The topological polar surface area (TPSA) is 64.6 Å². The molecule has 0 aliphatic rings. The quantitative estimate of drug-likeness (QED) is 0.863. The fourth-order valence-electron chi connectivity index (χ4n) is 1.71. The fraction of sp³-hybridized carbons (Fsp3) is 0.200. The maximum atomic E-state index is 11.9. The molecule has 0 saturated heterocycles. The van der Waals surface area contributed by atoms with E-state index in [1.807, 2.05) is 25.1 Å². The first kappa shape index (κ1) is 15.1. The van der Waals surface area contributed by atoms with Gasteiger partial charge in [0.05, 0.1) is 12.8 Å². The van der Waals surface area contributed by atoms with Gasteiger partial charge in [0.25, 0.3) is 5.91 Å². The maximum Gasteiger partial charge on any atom is 0.350 e. The lowest BCUT2D eigenvalue weighted by Crippen LogP contribution is -2.21. The first-order chi connectivity index (χ1) is 10.1. The molecule has 1 aromatic carbocycles. The van der Waals surface area contributed by atoms with Crippen molar-refractivity contribution in [1.29, 1.82) is 0 Å². The van der Waals surface area contributed by atoms with Crippen LogP contribution in [0.4, 0.5) is 5.69 Å². The molecule has 110 valence electrons. The van der Waals surface area contributed by atoms with Crippen LogP contribution in [0, 0.1) is 6.92 Å². The first-order valence-corrected chi connectivity index (χ1v) is 7.14. The zero-order valence-electron chi connectivity index (χ0n) is 11.7. The van der Waals surface area contributed by atoms with Crippen molar-refractivity contribution in [1.82, 2.24) is 0 Å². The van der Waals surface area contributed by atoms with Crippen molar-refractivity contribution in [3.63, 3.8) is 0 Å². The maximum absolute atomic E-state index is 11.9. The Morgan fingerprint density at radius 1 is 1.24 bits per heavy atom. The average molecular weight is 305 g/mol. The largest absolute Gasteiger partial charge is 0.483 e. The van der Waals surface area contributed by atoms with E-state index in [0.29, 0.717) is 16.3 Å². The van der Waals surface area contributed by atoms with Gasteiger partial charge in [-0.1, -0.05) is 18.2 Å². The number of hydrogen-bond donors (Lipinski definition) is 1. The number of anilines is 1. The third kappa shape index (κ3) is 3.82. The summed E-state index contributed by atoms with van der Waals surface area (Å²) in [4.78, 5) is 23.7. The van der Waals surface area contributed by atoms with E-state index in [1.165, 1.54) is 18.4 Å². The smallest absolute Gasteiger partial charge is 0.350 e. The van der Waals surface area contributed by atoms with Gasteiger partial charge in [-0.15, -0.1) is 11.3 Å². The Bertz CT molecular complexity index is 651. The van der Waals surface area contributed by atoms with Crippen LogP contribution in [0.3, 0.4) is 0 Å². The SMILES string of the molecule is COC(=O)c1sccc1NC(=O)COc1ccccc1C. The van der Waals surface area contributed by atoms with Crippen LogP contribution in [0.2, 0.25) is 0 Å². The highest BCUT2D eigenvalue weighted by Crippen LogP contribution is 2.23. The molecule has 0 unspecified atom stereocenters. The van der Waals surface area contributed by atoms with Gasteiger partial charge in [-0.2, -0.15) is 0 Å². The summed E-state index contributed by atoms with van der Waals surface area (Å²) in [5.41, 5.74) is 1.39. The lowest BCUT2D eigenvalue weighted by molar-refractivity contribution is -0.118. The zero-order chi connectivity index (χ0) is 15.2. The minimum absolute atomic E-state index is 0.124. The zero-order valence-corrected chi connectivity index (χ0v) is 12.5. The van der Waals surface area contributed by atoms with Gasteiger partial charge in [-0.25, -0.2) is 4.79 Å². The standard InChI is InChI=1S/C15H15NO4S/c1-10-5-3-4-6-12(10)20-9-13(17)16-11-7-8-21-14(11)15(18)19-2/h3-8H,9H2,1-2H3,(H,16,17). The number of esters is 1. The van der Waals surface area contributed by atoms with Crippen molar-refractivity contribution in [2.45, 2.75) is 6.92 Å². The number of rotatable bonds is 5. The molecule has 0 aliphatic heterocycles. The Morgan fingerprint density at radius 3 is 2.71 bits per heavy atom. The lowest BCUT2D eigenvalue weighted by Gasteiger charge is -2.09. The van der Waals surface area contributed by atoms with Gasteiger partial charge in [0.1, 0.15) is 10.6 Å². The van der Waals surface area contributed by atoms with E-state index in [9.17, 15) is 9.59 Å². The minimum atomic E-state index is -0.472. The van der Waals surface area contributed by atoms with E-state index in [2.05, 4.69) is 10.1 Å². The van der Waals surface area contributed by atoms with Crippen molar-refractivity contribution in [3.05, 3.63) is 46.2 Å². The van der Waals surface area contributed by atoms with Crippen molar-refractivity contribution in [3.8, 4) is 5.75 Å². The summed E-state index contributed by atoms with van der Waals surface area (Å²) in [6.07, 6.45) is 0. The summed E-state index contributed by atoms with van der Waals surface area (Å²) in [5, 5.41) is 4.35. The molecule has 2 rings (SSSR count). The van der Waals surface area contributed by atoms with Crippen LogP contribution in [0.15, 0.2) is 35.7 Å². The molecule has 0 aliphatic carbocycles. The van der Waals surface area contributed by atoms with Crippen LogP contribution in [0.5, 0.6) is 5.75 Å². The van der Waals surface area contributed by atoms with Crippen molar-refractivity contribution in [2.75, 3.05) is 19.0 Å². The number of thiophene rings is 1. The predicted octanol–water partition coefficient (Wildman–Crippen LogP) is 2.86. The fourth-order valence-corrected chi connectivity index (χ4v) is 2.47. The van der Waals surface area contributed by atoms with Crippen LogP contribution in [-0.2, 0) is 9.53 Å². The van der Waals surface area contributed by atoms with Crippen LogP contribution in [-0.4, -0.2) is 25.6 Å². The number of methoxy groups -OCH3 is 1. The van der Waals surface area contributed by atoms with E-state index < -0.39 is 5.97 Å². The molecule has 1 amide bonds. The highest BCUT2D eigenvalue weighted by atomic mass is 32.1. The van der Waals surface area contributed by atoms with E-state index in [0.717, 1.165) is 5.56 Å². The molecule has 0 bridgehead atoms. The molecule has 5 nitrogen and oxygen atoms in total. The summed E-state index contributed by atoms with van der Waals surface area (Å²) in [7, 11) is 1.30. The first-order valence-electron chi connectivity index (χ1n) is 6.26. The molecule has 6 heteroatoms. The molecule has 1 N–H and O–H groups in total. The molecule has 0 fully saturated rings. The number of aryl methyl sites for hydroxylation is 1. The van der Waals surface area contributed by atoms with E-state index >= 15 is 0 Å². The number of para-hydroxylation sites is 1. The molecule has 21 heavy (non-hydrogen) atoms. The average Bonchev–Trinajstić information content (AvgIpc) is 2.93. The number of nitrogens with one attached hydrogen (secondary N) is 1. The summed E-state index contributed by atoms with van der Waals surface area (Å²) in [6.45, 7) is 1.78. The third-order valence-electron chi connectivity index (χ3n) is 2.76. The van der Waals surface area contributed by atoms with Gasteiger partial charge in [0, 0.05) is 0 Å². The molecule has 1 aromatic heterocycles. The normalized spacial score (nSPS) is 10.0. The van der Waals surface area contributed by atoms with Crippen LogP contribution < -0.4 is 10.1 Å². The number of amides is 1.